The van der Waals surface area contributed by atoms with Gasteiger partial charge in [0.15, 0.2) is 0 Å². The summed E-state index contributed by atoms with van der Waals surface area (Å²) in [4.78, 5) is 44.0. The van der Waals surface area contributed by atoms with Crippen molar-refractivity contribution in [1.29, 1.82) is 0 Å². The average Bonchev–Trinajstić information content (AvgIpc) is 3.60. The highest BCUT2D eigenvalue weighted by molar-refractivity contribution is 6.02. The highest BCUT2D eigenvalue weighted by atomic mass is 19.3. The van der Waals surface area contributed by atoms with E-state index >= 15 is 8.78 Å². The molecule has 4 unspecified atom stereocenters. The van der Waals surface area contributed by atoms with E-state index in [2.05, 4.69) is 63.6 Å². The van der Waals surface area contributed by atoms with Gasteiger partial charge in [-0.3, -0.25) is 24.6 Å². The molecule has 0 spiro atoms. The van der Waals surface area contributed by atoms with Crippen LogP contribution in [0.3, 0.4) is 0 Å². The standard InChI is InChI=1S/C50H56F2N4O4/c51-50(52,24-7-25-54-26-28-55(29-27-54)40-17-20-44-38(30-40)32-56(49(44)59)45-22-23-46(57)53-48(45)58)39-15-12-36(13-16-39)47-42(35-10-5-2-6-11-35)19-14-37-31-41(18-21-43(37)47)60-33-34-8-3-1-4-9-34/h1-6,8-13,15-16,18,21,31,38,40,42,44-45,47H,7,14,17,19-20,22-30,32-33H2,(H,53,57,58)/t38?,40?,42-,44?,45?,47+/m1/s1. The van der Waals surface area contributed by atoms with Gasteiger partial charge in [0.1, 0.15) is 18.4 Å². The lowest BCUT2D eigenvalue weighted by Gasteiger charge is -2.42. The molecular formula is C50H56F2N4O4. The quantitative estimate of drug-likeness (QED) is 0.146. The Balaban J connectivity index is 0.783. The number of carbonyl (C=O) groups is 3. The summed E-state index contributed by atoms with van der Waals surface area (Å²) in [6, 6.07) is 34.1. The largest absolute Gasteiger partial charge is 0.489 e. The van der Waals surface area contributed by atoms with E-state index in [1.165, 1.54) is 16.7 Å². The number of fused-ring (bicyclic) bond motifs is 2. The molecule has 2 aliphatic carbocycles. The average molecular weight is 815 g/mol. The van der Waals surface area contributed by atoms with Gasteiger partial charge in [0.05, 0.1) is 0 Å². The number of aryl methyl sites for hydroxylation is 1. The van der Waals surface area contributed by atoms with E-state index in [1.54, 1.807) is 17.0 Å². The van der Waals surface area contributed by atoms with Gasteiger partial charge >= 0.3 is 0 Å². The smallest absolute Gasteiger partial charge is 0.273 e. The number of ether oxygens (including phenoxy) is 1. The van der Waals surface area contributed by atoms with E-state index in [4.69, 9.17) is 4.74 Å². The number of imide groups is 1. The molecule has 4 aromatic rings. The van der Waals surface area contributed by atoms with Crippen molar-refractivity contribution in [3.05, 3.63) is 137 Å². The number of likely N-dealkylation sites (tertiary alicyclic amines) is 1. The lowest BCUT2D eigenvalue weighted by molar-refractivity contribution is -0.144. The van der Waals surface area contributed by atoms with Crippen molar-refractivity contribution < 1.29 is 27.9 Å². The number of amides is 3. The van der Waals surface area contributed by atoms with Crippen molar-refractivity contribution in [1.82, 2.24) is 20.0 Å². The first kappa shape index (κ1) is 40.5. The molecule has 10 heteroatoms. The number of alkyl halides is 2. The molecule has 60 heavy (non-hydrogen) atoms. The van der Waals surface area contributed by atoms with Gasteiger partial charge in [-0.2, -0.15) is 0 Å². The summed E-state index contributed by atoms with van der Waals surface area (Å²) in [5.41, 5.74) is 6.01. The molecule has 3 amide bonds. The number of nitrogens with zero attached hydrogens (tertiary/aromatic N) is 3. The van der Waals surface area contributed by atoms with Crippen LogP contribution in [0.1, 0.15) is 96.6 Å². The maximum absolute atomic E-state index is 15.8. The molecular weight excluding hydrogens is 759 g/mol. The number of carbonyl (C=O) groups excluding carboxylic acids is 3. The molecule has 0 radical (unpaired) electrons. The van der Waals surface area contributed by atoms with E-state index in [-0.39, 0.29) is 59.8 Å². The summed E-state index contributed by atoms with van der Waals surface area (Å²) in [7, 11) is 0. The van der Waals surface area contributed by atoms with Gasteiger partial charge in [-0.1, -0.05) is 91.0 Å². The first-order valence-corrected chi connectivity index (χ1v) is 22.1. The predicted molar refractivity (Wildman–Crippen MR) is 227 cm³/mol. The number of hydrogen-bond donors (Lipinski definition) is 1. The zero-order chi connectivity index (χ0) is 41.2. The molecule has 3 heterocycles. The van der Waals surface area contributed by atoms with Gasteiger partial charge in [0.25, 0.3) is 5.92 Å². The number of piperidine rings is 1. The number of halogens is 2. The van der Waals surface area contributed by atoms with Crippen LogP contribution in [0.15, 0.2) is 103 Å². The van der Waals surface area contributed by atoms with Crippen LogP contribution in [0.4, 0.5) is 8.78 Å². The zero-order valence-corrected chi connectivity index (χ0v) is 34.3. The van der Waals surface area contributed by atoms with E-state index in [0.717, 1.165) is 75.2 Å². The summed E-state index contributed by atoms with van der Waals surface area (Å²) in [6.45, 7) is 5.20. The van der Waals surface area contributed by atoms with Crippen LogP contribution in [-0.2, 0) is 33.3 Å². The number of rotatable bonds is 12. The fourth-order valence-corrected chi connectivity index (χ4v) is 11.0. The van der Waals surface area contributed by atoms with Crippen LogP contribution in [0.5, 0.6) is 5.75 Å². The molecule has 3 aliphatic heterocycles. The minimum absolute atomic E-state index is 0.0411. The molecule has 9 rings (SSSR count). The summed E-state index contributed by atoms with van der Waals surface area (Å²) in [6.07, 6.45) is 5.48. The maximum atomic E-state index is 15.8. The van der Waals surface area contributed by atoms with Crippen LogP contribution in [-0.4, -0.2) is 83.8 Å². The second kappa shape index (κ2) is 17.6. The Bertz CT molecular complexity index is 2140. The second-order valence-electron chi connectivity index (χ2n) is 17.8. The van der Waals surface area contributed by atoms with Gasteiger partial charge in [0.2, 0.25) is 17.7 Å². The highest BCUT2D eigenvalue weighted by Gasteiger charge is 2.49. The van der Waals surface area contributed by atoms with Crippen molar-refractivity contribution in [2.45, 2.75) is 94.2 Å². The molecule has 1 saturated carbocycles. The van der Waals surface area contributed by atoms with E-state index < -0.39 is 12.0 Å². The Kier molecular flexibility index (Phi) is 11.9. The summed E-state index contributed by atoms with van der Waals surface area (Å²) >= 11 is 0. The van der Waals surface area contributed by atoms with Crippen LogP contribution in [0, 0.1) is 11.8 Å². The minimum atomic E-state index is -2.92. The van der Waals surface area contributed by atoms with Crippen LogP contribution in [0.25, 0.3) is 0 Å². The molecule has 8 nitrogen and oxygen atoms in total. The van der Waals surface area contributed by atoms with Gasteiger partial charge in [-0.05, 0) is 103 Å². The molecule has 314 valence electrons. The van der Waals surface area contributed by atoms with Gasteiger partial charge < -0.3 is 14.5 Å². The fraction of sp³-hybridized carbons (Fsp3) is 0.460. The summed E-state index contributed by atoms with van der Waals surface area (Å²) < 4.78 is 37.8. The van der Waals surface area contributed by atoms with Crippen LogP contribution in [0.2, 0.25) is 0 Å². The second-order valence-corrected chi connectivity index (χ2v) is 17.8. The molecule has 6 atom stereocenters. The number of benzene rings is 4. The fourth-order valence-electron chi connectivity index (χ4n) is 11.0. The van der Waals surface area contributed by atoms with Gasteiger partial charge in [-0.25, -0.2) is 8.78 Å². The van der Waals surface area contributed by atoms with E-state index in [9.17, 15) is 14.4 Å². The van der Waals surface area contributed by atoms with Crippen molar-refractivity contribution in [2.75, 3.05) is 39.3 Å². The van der Waals surface area contributed by atoms with Gasteiger partial charge in [-0.15, -0.1) is 0 Å². The summed E-state index contributed by atoms with van der Waals surface area (Å²) in [5.74, 6) is -2.16. The highest BCUT2D eigenvalue weighted by Crippen LogP contribution is 2.48. The number of piperazine rings is 1. The van der Waals surface area contributed by atoms with E-state index in [1.807, 2.05) is 42.5 Å². The van der Waals surface area contributed by atoms with E-state index in [0.29, 0.717) is 38.6 Å². The third-order valence-electron chi connectivity index (χ3n) is 14.2. The molecule has 1 N–H and O–H groups in total. The first-order valence-electron chi connectivity index (χ1n) is 22.1. The Morgan fingerprint density at radius 1 is 0.750 bits per heavy atom. The molecule has 5 aliphatic rings. The van der Waals surface area contributed by atoms with Crippen molar-refractivity contribution >= 4 is 17.7 Å². The SMILES string of the molecule is O=C1CCC(N2CC3CC(N4CCN(CCCC(F)(F)c5ccc([C@@H]6c7ccc(OCc8ccccc8)cc7CC[C@@H]6c6ccccc6)cc5)CC4)CCC3C2=O)C(=O)N1. The number of nitrogens with one attached hydrogen (secondary N) is 1. The maximum Gasteiger partial charge on any atom is 0.273 e. The third-order valence-corrected chi connectivity index (χ3v) is 14.2. The van der Waals surface area contributed by atoms with Crippen molar-refractivity contribution in [3.63, 3.8) is 0 Å². The van der Waals surface area contributed by atoms with Crippen LogP contribution >= 0.6 is 0 Å². The molecule has 3 saturated heterocycles. The molecule has 4 fully saturated rings. The van der Waals surface area contributed by atoms with Crippen LogP contribution < -0.4 is 10.1 Å². The molecule has 4 aromatic carbocycles. The Morgan fingerprint density at radius 2 is 1.50 bits per heavy atom. The zero-order valence-electron chi connectivity index (χ0n) is 34.3. The monoisotopic (exact) mass is 814 g/mol. The van der Waals surface area contributed by atoms with Gasteiger partial charge in [0, 0.05) is 69.0 Å². The Hall–Kier alpha value is -4.93. The topological polar surface area (TPSA) is 82.2 Å². The lowest BCUT2D eigenvalue weighted by atomic mass is 9.69. The minimum Gasteiger partial charge on any atom is -0.489 e. The summed E-state index contributed by atoms with van der Waals surface area (Å²) in [5, 5.41) is 2.40. The first-order chi connectivity index (χ1) is 29.2. The number of hydrogen-bond acceptors (Lipinski definition) is 6. The Labute approximate surface area is 352 Å². The lowest BCUT2D eigenvalue weighted by Crippen LogP contribution is -2.53. The molecule has 0 aromatic heterocycles. The Morgan fingerprint density at radius 3 is 2.25 bits per heavy atom. The predicted octanol–water partition coefficient (Wildman–Crippen LogP) is 8.05. The normalized spacial score (nSPS) is 26.4. The van der Waals surface area contributed by atoms with Crippen molar-refractivity contribution in [3.8, 4) is 5.75 Å². The third kappa shape index (κ3) is 8.64. The molecule has 0 bridgehead atoms. The van der Waals surface area contributed by atoms with Crippen molar-refractivity contribution in [2.24, 2.45) is 11.8 Å².